The minimum atomic E-state index is -5.96. The maximum absolute atomic E-state index is 14.6. The molecule has 0 spiro atoms. The van der Waals surface area contributed by atoms with E-state index in [0.29, 0.717) is 0 Å². The zero-order valence-electron chi connectivity index (χ0n) is 13.3. The molecule has 0 amide bonds. The van der Waals surface area contributed by atoms with E-state index >= 15 is 0 Å². The van der Waals surface area contributed by atoms with Gasteiger partial charge in [-0.1, -0.05) is 52.3 Å². The third-order valence-corrected chi connectivity index (χ3v) is 4.54. The van der Waals surface area contributed by atoms with Gasteiger partial charge in [0.05, 0.1) is 0 Å². The highest BCUT2D eigenvalue weighted by Crippen LogP contribution is 2.54. The van der Waals surface area contributed by atoms with Crippen molar-refractivity contribution in [3.63, 3.8) is 0 Å². The molecule has 0 aliphatic rings. The molecule has 0 saturated heterocycles. The Labute approximate surface area is 150 Å². The molecule has 0 heterocycles. The number of alkyl halides is 5. The summed E-state index contributed by atoms with van der Waals surface area (Å²) in [5, 5.41) is 10.9. The normalized spacial score (nSPS) is 14.9. The minimum absolute atomic E-state index is 0.0460. The first kappa shape index (κ1) is 19.7. The fraction of sp³-hybridized carbons (Fsp3) is 0.294. The summed E-state index contributed by atoms with van der Waals surface area (Å²) in [5.41, 5.74) is -4.70. The topological polar surface area (TPSA) is 23.5 Å². The van der Waals surface area contributed by atoms with Gasteiger partial charge in [-0.05, 0) is 12.1 Å². The van der Waals surface area contributed by atoms with Crippen LogP contribution < -0.4 is 4.90 Å². The third-order valence-electron chi connectivity index (χ3n) is 3.85. The second-order valence-corrected chi connectivity index (χ2v) is 6.53. The Morgan fingerprint density at radius 2 is 1.32 bits per heavy atom. The first-order chi connectivity index (χ1) is 11.4. The summed E-state index contributed by atoms with van der Waals surface area (Å²) in [5.74, 6) is -5.43. The van der Waals surface area contributed by atoms with Gasteiger partial charge in [0.25, 0.3) is 0 Å². The van der Waals surface area contributed by atoms with E-state index in [9.17, 15) is 27.1 Å². The molecule has 2 aromatic rings. The lowest BCUT2D eigenvalue weighted by molar-refractivity contribution is -0.336. The average Bonchev–Trinajstić information content (AvgIpc) is 2.53. The molecule has 8 heteroatoms. The Morgan fingerprint density at radius 1 is 0.840 bits per heavy atom. The molecule has 1 atom stereocenters. The monoisotopic (exact) mass is 423 g/mol. The summed E-state index contributed by atoms with van der Waals surface area (Å²) in [6.45, 7) is 0. The van der Waals surface area contributed by atoms with Gasteiger partial charge in [-0.3, -0.25) is 0 Å². The van der Waals surface area contributed by atoms with Gasteiger partial charge in [0.1, 0.15) is 0 Å². The van der Waals surface area contributed by atoms with Crippen molar-refractivity contribution in [2.45, 2.75) is 17.7 Å². The van der Waals surface area contributed by atoms with Crippen LogP contribution >= 0.6 is 15.9 Å². The molecule has 0 radical (unpaired) electrons. The van der Waals surface area contributed by atoms with Crippen molar-refractivity contribution in [1.82, 2.24) is 0 Å². The van der Waals surface area contributed by atoms with E-state index in [2.05, 4.69) is 15.9 Å². The van der Waals surface area contributed by atoms with Crippen molar-refractivity contribution < 1.29 is 27.1 Å². The number of nitrogens with zero attached hydrogens (tertiary/aromatic N) is 1. The maximum atomic E-state index is 14.6. The van der Waals surface area contributed by atoms with Crippen LogP contribution in [0.3, 0.4) is 0 Å². The summed E-state index contributed by atoms with van der Waals surface area (Å²) >= 11 is 2.98. The van der Waals surface area contributed by atoms with Crippen LogP contribution in [0.15, 0.2) is 53.0 Å². The first-order valence-corrected chi connectivity index (χ1v) is 7.92. The van der Waals surface area contributed by atoms with Crippen LogP contribution in [0, 0.1) is 0 Å². The molecule has 136 valence electrons. The SMILES string of the molecule is CN(C)c1ccccc1C(O)(c1ccccc1Br)C(F)(F)C(F)(F)F. The third kappa shape index (κ3) is 3.13. The number of hydrogen-bond acceptors (Lipinski definition) is 2. The molecule has 0 fully saturated rings. The van der Waals surface area contributed by atoms with Gasteiger partial charge in [-0.15, -0.1) is 0 Å². The molecule has 25 heavy (non-hydrogen) atoms. The van der Waals surface area contributed by atoms with E-state index < -0.39 is 28.8 Å². The van der Waals surface area contributed by atoms with E-state index in [1.54, 1.807) is 0 Å². The lowest BCUT2D eigenvalue weighted by Crippen LogP contribution is -2.56. The zero-order valence-corrected chi connectivity index (χ0v) is 14.9. The minimum Gasteiger partial charge on any atom is -0.377 e. The molecule has 0 saturated carbocycles. The molecule has 0 bridgehead atoms. The van der Waals surface area contributed by atoms with E-state index in [1.165, 1.54) is 55.4 Å². The molecular weight excluding hydrogens is 409 g/mol. The second-order valence-electron chi connectivity index (χ2n) is 5.67. The summed E-state index contributed by atoms with van der Waals surface area (Å²) < 4.78 is 68.7. The van der Waals surface area contributed by atoms with Gasteiger partial charge in [0, 0.05) is 35.4 Å². The number of rotatable bonds is 4. The molecule has 1 unspecified atom stereocenters. The Morgan fingerprint density at radius 3 is 1.80 bits per heavy atom. The van der Waals surface area contributed by atoms with Gasteiger partial charge in [0.2, 0.25) is 0 Å². The van der Waals surface area contributed by atoms with Crippen molar-refractivity contribution in [2.24, 2.45) is 0 Å². The van der Waals surface area contributed by atoms with Gasteiger partial charge < -0.3 is 10.0 Å². The quantitative estimate of drug-likeness (QED) is 0.703. The maximum Gasteiger partial charge on any atom is 0.457 e. The highest BCUT2D eigenvalue weighted by molar-refractivity contribution is 9.10. The van der Waals surface area contributed by atoms with Crippen molar-refractivity contribution in [1.29, 1.82) is 0 Å². The average molecular weight is 424 g/mol. The lowest BCUT2D eigenvalue weighted by atomic mass is 9.79. The number of halogens is 6. The summed E-state index contributed by atoms with van der Waals surface area (Å²) in [7, 11) is 2.98. The van der Waals surface area contributed by atoms with Gasteiger partial charge in [-0.25, -0.2) is 0 Å². The molecule has 2 rings (SSSR count). The van der Waals surface area contributed by atoms with Crippen LogP contribution in [0.1, 0.15) is 11.1 Å². The van der Waals surface area contributed by atoms with E-state index in [0.717, 1.165) is 12.1 Å². The summed E-state index contributed by atoms with van der Waals surface area (Å²) in [6, 6.07) is 10.3. The highest BCUT2D eigenvalue weighted by Gasteiger charge is 2.72. The van der Waals surface area contributed by atoms with Crippen molar-refractivity contribution in [2.75, 3.05) is 19.0 Å². The number of benzene rings is 2. The standard InChI is InChI=1S/C17H15BrF5NO/c1-24(2)14-10-6-4-8-12(14)15(25,16(19,20)17(21,22)23)11-7-3-5-9-13(11)18/h3-10,25H,1-2H3. The number of anilines is 1. The Kier molecular flexibility index (Phi) is 5.16. The molecule has 2 aromatic carbocycles. The Bertz CT molecular complexity index is 763. The second kappa shape index (κ2) is 6.57. The smallest absolute Gasteiger partial charge is 0.377 e. The molecule has 2 nitrogen and oxygen atoms in total. The zero-order chi connectivity index (χ0) is 19.0. The number of para-hydroxylation sites is 1. The van der Waals surface area contributed by atoms with Gasteiger partial charge >= 0.3 is 12.1 Å². The number of aliphatic hydroxyl groups is 1. The molecule has 1 N–H and O–H groups in total. The summed E-state index contributed by atoms with van der Waals surface area (Å²) in [4.78, 5) is 1.36. The van der Waals surface area contributed by atoms with E-state index in [1.807, 2.05) is 0 Å². The molecular formula is C17H15BrF5NO. The van der Waals surface area contributed by atoms with Gasteiger partial charge in [-0.2, -0.15) is 22.0 Å². The fourth-order valence-corrected chi connectivity index (χ4v) is 3.18. The predicted molar refractivity (Wildman–Crippen MR) is 88.9 cm³/mol. The van der Waals surface area contributed by atoms with Gasteiger partial charge in [0.15, 0.2) is 5.60 Å². The van der Waals surface area contributed by atoms with Crippen molar-refractivity contribution in [3.05, 3.63) is 64.1 Å². The first-order valence-electron chi connectivity index (χ1n) is 7.13. The largest absolute Gasteiger partial charge is 0.457 e. The van der Waals surface area contributed by atoms with E-state index in [4.69, 9.17) is 0 Å². The van der Waals surface area contributed by atoms with Crippen LogP contribution in [0.5, 0.6) is 0 Å². The predicted octanol–water partition coefficient (Wildman–Crippen LogP) is 4.95. The Hall–Kier alpha value is -1.67. The van der Waals surface area contributed by atoms with E-state index in [-0.39, 0.29) is 10.2 Å². The fourth-order valence-electron chi connectivity index (χ4n) is 2.61. The van der Waals surface area contributed by atoms with Crippen LogP contribution in [-0.4, -0.2) is 31.3 Å². The van der Waals surface area contributed by atoms with Crippen molar-refractivity contribution in [3.8, 4) is 0 Å². The summed E-state index contributed by atoms with van der Waals surface area (Å²) in [6.07, 6.45) is -5.96. The van der Waals surface area contributed by atoms with Crippen LogP contribution in [0.25, 0.3) is 0 Å². The van der Waals surface area contributed by atoms with Crippen LogP contribution in [0.2, 0.25) is 0 Å². The number of hydrogen-bond donors (Lipinski definition) is 1. The molecule has 0 aliphatic carbocycles. The molecule has 0 aromatic heterocycles. The Balaban J connectivity index is 2.92. The highest BCUT2D eigenvalue weighted by atomic mass is 79.9. The van der Waals surface area contributed by atoms with Crippen LogP contribution in [0.4, 0.5) is 27.6 Å². The lowest BCUT2D eigenvalue weighted by Gasteiger charge is -2.39. The van der Waals surface area contributed by atoms with Crippen LogP contribution in [-0.2, 0) is 5.60 Å². The van der Waals surface area contributed by atoms with Crippen molar-refractivity contribution >= 4 is 21.6 Å². The molecule has 0 aliphatic heterocycles.